The van der Waals surface area contributed by atoms with Gasteiger partial charge < -0.3 is 18.9 Å². The third-order valence-electron chi connectivity index (χ3n) is 5.62. The molecular formula is C19H18ClNO4. The summed E-state index contributed by atoms with van der Waals surface area (Å²) < 4.78 is 22.4. The van der Waals surface area contributed by atoms with E-state index in [9.17, 15) is 0 Å². The molecule has 130 valence electrons. The molecule has 4 heterocycles. The molecule has 0 spiro atoms. The van der Waals surface area contributed by atoms with Crippen LogP contribution in [0, 0.1) is 0 Å². The Morgan fingerprint density at radius 2 is 1.68 bits per heavy atom. The van der Waals surface area contributed by atoms with Crippen molar-refractivity contribution in [3.05, 3.63) is 46.5 Å². The van der Waals surface area contributed by atoms with Gasteiger partial charge >= 0.3 is 0 Å². The number of fused-ring (bicyclic) bond motifs is 7. The minimum Gasteiger partial charge on any atom is -0.454 e. The van der Waals surface area contributed by atoms with Crippen LogP contribution in [0.3, 0.4) is 0 Å². The predicted molar refractivity (Wildman–Crippen MR) is 92.9 cm³/mol. The molecule has 0 radical (unpaired) electrons. The molecule has 25 heavy (non-hydrogen) atoms. The fourth-order valence-electron chi connectivity index (χ4n) is 4.42. The molecule has 0 aliphatic carbocycles. The molecular weight excluding hydrogens is 342 g/mol. The van der Waals surface area contributed by atoms with E-state index in [2.05, 4.69) is 23.1 Å². The van der Waals surface area contributed by atoms with E-state index in [1.807, 2.05) is 6.07 Å². The molecule has 2 aromatic carbocycles. The number of halogens is 1. The first-order chi connectivity index (χ1) is 11.9. The zero-order chi connectivity index (χ0) is 15.7. The van der Waals surface area contributed by atoms with Gasteiger partial charge in [-0.05, 0) is 47.7 Å². The Morgan fingerprint density at radius 3 is 2.60 bits per heavy atom. The first-order valence-corrected chi connectivity index (χ1v) is 8.43. The largest absolute Gasteiger partial charge is 0.454 e. The van der Waals surface area contributed by atoms with E-state index < -0.39 is 0 Å². The Balaban J connectivity index is 0.00000140. The van der Waals surface area contributed by atoms with Gasteiger partial charge in [0.15, 0.2) is 23.0 Å². The molecule has 0 saturated heterocycles. The summed E-state index contributed by atoms with van der Waals surface area (Å²) in [6.07, 6.45) is 2.04. The quantitative estimate of drug-likeness (QED) is 0.722. The zero-order valence-corrected chi connectivity index (χ0v) is 14.4. The van der Waals surface area contributed by atoms with Crippen LogP contribution in [0.25, 0.3) is 0 Å². The van der Waals surface area contributed by atoms with Crippen LogP contribution in [0.2, 0.25) is 0 Å². The first-order valence-electron chi connectivity index (χ1n) is 8.43. The zero-order valence-electron chi connectivity index (χ0n) is 13.6. The molecule has 0 fully saturated rings. The summed E-state index contributed by atoms with van der Waals surface area (Å²) >= 11 is 0. The highest BCUT2D eigenvalue weighted by Crippen LogP contribution is 2.47. The van der Waals surface area contributed by atoms with Crippen molar-refractivity contribution >= 4 is 12.4 Å². The van der Waals surface area contributed by atoms with Gasteiger partial charge in [0.2, 0.25) is 13.6 Å². The number of benzene rings is 2. The Labute approximate surface area is 151 Å². The molecule has 6 heteroatoms. The average Bonchev–Trinajstić information content (AvgIpc) is 3.26. The van der Waals surface area contributed by atoms with E-state index in [4.69, 9.17) is 18.9 Å². The maximum atomic E-state index is 5.72. The summed E-state index contributed by atoms with van der Waals surface area (Å²) in [5.41, 5.74) is 5.44. The molecule has 0 aromatic heterocycles. The second kappa shape index (κ2) is 5.44. The van der Waals surface area contributed by atoms with Crippen molar-refractivity contribution in [1.29, 1.82) is 0 Å². The van der Waals surface area contributed by atoms with Crippen molar-refractivity contribution in [1.82, 2.24) is 4.90 Å². The number of ether oxygens (including phenoxy) is 4. The Hall–Kier alpha value is -2.11. The lowest BCUT2D eigenvalue weighted by molar-refractivity contribution is 0.151. The van der Waals surface area contributed by atoms with Crippen molar-refractivity contribution < 1.29 is 18.9 Å². The lowest BCUT2D eigenvalue weighted by Crippen LogP contribution is -2.39. The van der Waals surface area contributed by atoms with Gasteiger partial charge in [0.1, 0.15) is 0 Å². The Kier molecular flexibility index (Phi) is 3.30. The first kappa shape index (κ1) is 15.2. The molecule has 1 atom stereocenters. The third kappa shape index (κ3) is 2.12. The normalized spacial score (nSPS) is 21.8. The summed E-state index contributed by atoms with van der Waals surface area (Å²) in [6, 6.07) is 8.99. The third-order valence-corrected chi connectivity index (χ3v) is 5.62. The van der Waals surface area contributed by atoms with Gasteiger partial charge in [-0.25, -0.2) is 0 Å². The number of nitrogens with zero attached hydrogens (tertiary/aromatic N) is 1. The van der Waals surface area contributed by atoms with Crippen LogP contribution in [-0.2, 0) is 19.4 Å². The van der Waals surface area contributed by atoms with Crippen LogP contribution in [-0.4, -0.2) is 25.0 Å². The van der Waals surface area contributed by atoms with Gasteiger partial charge in [0, 0.05) is 24.7 Å². The number of hydrogen-bond donors (Lipinski definition) is 0. The highest BCUT2D eigenvalue weighted by molar-refractivity contribution is 5.85. The van der Waals surface area contributed by atoms with Crippen molar-refractivity contribution in [3.8, 4) is 23.0 Å². The van der Waals surface area contributed by atoms with Crippen LogP contribution >= 0.6 is 12.4 Å². The van der Waals surface area contributed by atoms with E-state index in [1.165, 1.54) is 22.3 Å². The monoisotopic (exact) mass is 359 g/mol. The summed E-state index contributed by atoms with van der Waals surface area (Å²) in [6.45, 7) is 2.64. The highest BCUT2D eigenvalue weighted by atomic mass is 35.5. The van der Waals surface area contributed by atoms with E-state index in [0.717, 1.165) is 48.9 Å². The van der Waals surface area contributed by atoms with Crippen LogP contribution in [0.15, 0.2) is 24.3 Å². The molecule has 1 unspecified atom stereocenters. The molecule has 2 aromatic rings. The van der Waals surface area contributed by atoms with E-state index >= 15 is 0 Å². The van der Waals surface area contributed by atoms with Crippen molar-refractivity contribution in [3.63, 3.8) is 0 Å². The number of hydrogen-bond acceptors (Lipinski definition) is 5. The van der Waals surface area contributed by atoms with Gasteiger partial charge in [-0.3, -0.25) is 4.90 Å². The molecule has 0 bridgehead atoms. The Bertz CT molecular complexity index is 869. The lowest BCUT2D eigenvalue weighted by atomic mass is 9.83. The van der Waals surface area contributed by atoms with E-state index in [-0.39, 0.29) is 12.4 Å². The summed E-state index contributed by atoms with van der Waals surface area (Å²) in [5, 5.41) is 0. The molecule has 4 aliphatic rings. The van der Waals surface area contributed by atoms with Gasteiger partial charge in [0.25, 0.3) is 0 Å². The van der Waals surface area contributed by atoms with Crippen LogP contribution in [0.4, 0.5) is 0 Å². The van der Waals surface area contributed by atoms with Gasteiger partial charge in [-0.15, -0.1) is 12.4 Å². The second-order valence-electron chi connectivity index (χ2n) is 6.78. The smallest absolute Gasteiger partial charge is 0.231 e. The van der Waals surface area contributed by atoms with Crippen LogP contribution in [0.1, 0.15) is 28.3 Å². The van der Waals surface area contributed by atoms with Gasteiger partial charge in [-0.2, -0.15) is 0 Å². The highest BCUT2D eigenvalue weighted by Gasteiger charge is 2.36. The minimum atomic E-state index is 0. The maximum Gasteiger partial charge on any atom is 0.231 e. The van der Waals surface area contributed by atoms with Gasteiger partial charge in [0.05, 0.1) is 0 Å². The Morgan fingerprint density at radius 1 is 0.880 bits per heavy atom. The lowest BCUT2D eigenvalue weighted by Gasteiger charge is -2.41. The maximum absolute atomic E-state index is 5.72. The summed E-state index contributed by atoms with van der Waals surface area (Å²) in [5.74, 6) is 3.60. The van der Waals surface area contributed by atoms with Crippen LogP contribution < -0.4 is 18.9 Å². The van der Waals surface area contributed by atoms with Gasteiger partial charge in [-0.1, -0.05) is 6.07 Å². The van der Waals surface area contributed by atoms with E-state index in [1.54, 1.807) is 0 Å². The fraction of sp³-hybridized carbons (Fsp3) is 0.368. The minimum absolute atomic E-state index is 0. The molecule has 4 aliphatic heterocycles. The molecule has 0 amide bonds. The topological polar surface area (TPSA) is 40.2 Å². The van der Waals surface area contributed by atoms with Crippen molar-refractivity contribution in [2.45, 2.75) is 25.4 Å². The summed E-state index contributed by atoms with van der Waals surface area (Å²) in [4.78, 5) is 2.55. The predicted octanol–water partition coefficient (Wildman–Crippen LogP) is 3.22. The second-order valence-corrected chi connectivity index (χ2v) is 6.78. The fourth-order valence-corrected chi connectivity index (χ4v) is 4.42. The number of rotatable bonds is 0. The van der Waals surface area contributed by atoms with Crippen molar-refractivity contribution in [2.75, 3.05) is 20.1 Å². The molecule has 0 saturated carbocycles. The van der Waals surface area contributed by atoms with Crippen molar-refractivity contribution in [2.24, 2.45) is 0 Å². The summed E-state index contributed by atoms with van der Waals surface area (Å²) in [7, 11) is 0. The standard InChI is InChI=1S/C19H17NO4.ClH/c1-2-16-19(24-10-21-16)14-8-20-4-3-12-6-17-18(23-9-22-17)7-13(12)15(20)5-11(1)14;/h1-2,6-7,15H,3-5,8-10H2;1H. The van der Waals surface area contributed by atoms with Crippen LogP contribution in [0.5, 0.6) is 23.0 Å². The SMILES string of the molecule is Cl.c1cc2c(c3c1CC1c4cc5c(cc4CCN1C3)OCO5)OCO2. The average molecular weight is 360 g/mol. The molecule has 5 nitrogen and oxygen atoms in total. The van der Waals surface area contributed by atoms with E-state index in [0.29, 0.717) is 19.6 Å². The molecule has 6 rings (SSSR count). The molecule has 0 N–H and O–H groups in total.